The third-order valence-electron chi connectivity index (χ3n) is 2.70. The van der Waals surface area contributed by atoms with Gasteiger partial charge < -0.3 is 23.9 Å². The lowest BCUT2D eigenvalue weighted by Crippen LogP contribution is -2.36. The van der Waals surface area contributed by atoms with Gasteiger partial charge in [0.25, 0.3) is 5.91 Å². The van der Waals surface area contributed by atoms with Crippen LogP contribution in [-0.2, 0) is 14.3 Å². The fourth-order valence-electron chi connectivity index (χ4n) is 1.70. The van der Waals surface area contributed by atoms with Gasteiger partial charge in [-0.05, 0) is 35.0 Å². The molecule has 0 radical (unpaired) electrons. The normalized spacial score (nSPS) is 10.5. The molecule has 1 heterocycles. The number of carbonyl (C=O) groups is 2. The molecule has 0 saturated carbocycles. The number of amides is 1. The van der Waals surface area contributed by atoms with Gasteiger partial charge in [-0.25, -0.2) is 0 Å². The van der Waals surface area contributed by atoms with E-state index in [0.29, 0.717) is 11.3 Å². The Balaban J connectivity index is 2.59. The zero-order chi connectivity index (χ0) is 16.4. The van der Waals surface area contributed by atoms with Crippen LogP contribution in [0.15, 0.2) is 21.2 Å². The van der Waals surface area contributed by atoms with Crippen LogP contribution in [0.3, 0.4) is 0 Å². The van der Waals surface area contributed by atoms with Crippen LogP contribution < -0.4 is 0 Å². The van der Waals surface area contributed by atoms with E-state index in [0.717, 1.165) is 0 Å². The van der Waals surface area contributed by atoms with Crippen molar-refractivity contribution in [2.24, 2.45) is 0 Å². The second-order valence-electron chi connectivity index (χ2n) is 4.29. The summed E-state index contributed by atoms with van der Waals surface area (Å²) in [5.74, 6) is -0.516. The van der Waals surface area contributed by atoms with E-state index >= 15 is 0 Å². The maximum absolute atomic E-state index is 12.3. The Morgan fingerprint density at radius 3 is 2.68 bits per heavy atom. The zero-order valence-corrected chi connectivity index (χ0v) is 14.0. The van der Waals surface area contributed by atoms with Gasteiger partial charge in [0.1, 0.15) is 0 Å². The summed E-state index contributed by atoms with van der Waals surface area (Å²) in [6.07, 6.45) is 0.0987. The molecule has 124 valence electrons. The highest BCUT2D eigenvalue weighted by molar-refractivity contribution is 9.10. The monoisotopic (exact) mass is 377 g/mol. The summed E-state index contributed by atoms with van der Waals surface area (Å²) < 4.78 is 15.7. The second-order valence-corrected chi connectivity index (χ2v) is 5.07. The minimum atomic E-state index is -0.364. The molecule has 0 aliphatic heterocycles. The first-order chi connectivity index (χ1) is 10.6. The van der Waals surface area contributed by atoms with E-state index in [4.69, 9.17) is 19.0 Å². The molecule has 0 aliphatic rings. The molecular weight excluding hydrogens is 358 g/mol. The summed E-state index contributed by atoms with van der Waals surface area (Å²) in [4.78, 5) is 25.2. The Bertz CT molecular complexity index is 476. The second kappa shape index (κ2) is 10.4. The molecule has 22 heavy (non-hydrogen) atoms. The molecule has 8 heteroatoms. The van der Waals surface area contributed by atoms with Gasteiger partial charge in [-0.1, -0.05) is 0 Å². The fourth-order valence-corrected chi connectivity index (χ4v) is 2.01. The van der Waals surface area contributed by atoms with Crippen molar-refractivity contribution in [3.8, 4) is 0 Å². The van der Waals surface area contributed by atoms with Crippen LogP contribution in [-0.4, -0.2) is 61.4 Å². The van der Waals surface area contributed by atoms with Crippen molar-refractivity contribution in [3.05, 3.63) is 22.6 Å². The van der Waals surface area contributed by atoms with Crippen LogP contribution >= 0.6 is 15.9 Å². The Kier molecular flexibility index (Phi) is 8.79. The molecule has 0 spiro atoms. The molecular formula is C14H20BrNO6. The van der Waals surface area contributed by atoms with E-state index in [1.54, 1.807) is 19.1 Å². The number of halogens is 1. The van der Waals surface area contributed by atoms with Crippen molar-refractivity contribution in [1.82, 2.24) is 4.90 Å². The lowest BCUT2D eigenvalue weighted by molar-refractivity contribution is -0.143. The number of carbonyl (C=O) groups excluding carboxylic acids is 2. The first-order valence-corrected chi connectivity index (χ1v) is 7.76. The van der Waals surface area contributed by atoms with Crippen LogP contribution in [0.25, 0.3) is 0 Å². The van der Waals surface area contributed by atoms with Crippen molar-refractivity contribution in [3.63, 3.8) is 0 Å². The van der Waals surface area contributed by atoms with Crippen molar-refractivity contribution in [1.29, 1.82) is 0 Å². The molecule has 1 N–H and O–H groups in total. The number of hydrogen-bond donors (Lipinski definition) is 1. The van der Waals surface area contributed by atoms with Gasteiger partial charge in [0, 0.05) is 13.1 Å². The van der Waals surface area contributed by atoms with Crippen LogP contribution in [0.4, 0.5) is 0 Å². The van der Waals surface area contributed by atoms with Crippen LogP contribution in [0.2, 0.25) is 0 Å². The minimum Gasteiger partial charge on any atom is -0.466 e. The number of aliphatic hydroxyl groups is 1. The maximum atomic E-state index is 12.3. The number of rotatable bonds is 10. The summed E-state index contributed by atoms with van der Waals surface area (Å²) >= 11 is 3.14. The van der Waals surface area contributed by atoms with Gasteiger partial charge in [-0.2, -0.15) is 0 Å². The molecule has 0 unspecified atom stereocenters. The Hall–Kier alpha value is -1.38. The molecule has 1 aromatic rings. The minimum absolute atomic E-state index is 0.0814. The first-order valence-electron chi connectivity index (χ1n) is 6.97. The third kappa shape index (κ3) is 6.59. The lowest BCUT2D eigenvalue weighted by atomic mass is 10.3. The largest absolute Gasteiger partial charge is 0.466 e. The van der Waals surface area contributed by atoms with Crippen molar-refractivity contribution in [2.75, 3.05) is 39.5 Å². The molecule has 1 aromatic heterocycles. The number of esters is 1. The number of furan rings is 1. The Morgan fingerprint density at radius 2 is 2.09 bits per heavy atom. The van der Waals surface area contributed by atoms with Gasteiger partial charge in [0.05, 0.1) is 32.8 Å². The summed E-state index contributed by atoms with van der Waals surface area (Å²) in [6.45, 7) is 2.90. The lowest BCUT2D eigenvalue weighted by Gasteiger charge is -2.21. The molecule has 0 bridgehead atoms. The highest BCUT2D eigenvalue weighted by Crippen LogP contribution is 2.16. The van der Waals surface area contributed by atoms with Gasteiger partial charge in [-0.3, -0.25) is 9.59 Å². The number of aliphatic hydroxyl groups excluding tert-OH is 1. The summed E-state index contributed by atoms with van der Waals surface area (Å²) in [5, 5.41) is 8.67. The van der Waals surface area contributed by atoms with E-state index in [2.05, 4.69) is 15.9 Å². The van der Waals surface area contributed by atoms with Crippen molar-refractivity contribution < 1.29 is 28.6 Å². The highest BCUT2D eigenvalue weighted by atomic mass is 79.9. The average molecular weight is 378 g/mol. The predicted molar refractivity (Wildman–Crippen MR) is 81.5 cm³/mol. The quantitative estimate of drug-likeness (QED) is 0.490. The van der Waals surface area contributed by atoms with E-state index in [1.165, 1.54) is 4.90 Å². The van der Waals surface area contributed by atoms with Crippen LogP contribution in [0, 0.1) is 0 Å². The van der Waals surface area contributed by atoms with E-state index in [-0.39, 0.29) is 57.0 Å². The topological polar surface area (TPSA) is 89.2 Å². The van der Waals surface area contributed by atoms with E-state index in [1.807, 2.05) is 0 Å². The summed E-state index contributed by atoms with van der Waals surface area (Å²) in [6, 6.07) is 3.18. The molecule has 0 aromatic carbocycles. The van der Waals surface area contributed by atoms with Gasteiger partial charge >= 0.3 is 5.97 Å². The molecule has 1 amide bonds. The number of nitrogens with zero attached hydrogens (tertiary/aromatic N) is 1. The van der Waals surface area contributed by atoms with Crippen molar-refractivity contribution in [2.45, 2.75) is 13.3 Å². The molecule has 0 atom stereocenters. The smallest absolute Gasteiger partial charge is 0.307 e. The number of hydrogen-bond acceptors (Lipinski definition) is 6. The van der Waals surface area contributed by atoms with E-state index < -0.39 is 0 Å². The fraction of sp³-hybridized carbons (Fsp3) is 0.571. The average Bonchev–Trinajstić information content (AvgIpc) is 2.93. The Morgan fingerprint density at radius 1 is 1.32 bits per heavy atom. The maximum Gasteiger partial charge on any atom is 0.307 e. The summed E-state index contributed by atoms with van der Waals surface area (Å²) in [7, 11) is 0. The van der Waals surface area contributed by atoms with Crippen LogP contribution in [0.5, 0.6) is 0 Å². The molecule has 7 nitrogen and oxygen atoms in total. The van der Waals surface area contributed by atoms with Crippen molar-refractivity contribution >= 4 is 27.8 Å². The predicted octanol–water partition coefficient (Wildman–Crippen LogP) is 1.45. The van der Waals surface area contributed by atoms with E-state index in [9.17, 15) is 9.59 Å². The Labute approximate surface area is 137 Å². The van der Waals surface area contributed by atoms with Gasteiger partial charge in [-0.15, -0.1) is 0 Å². The third-order valence-corrected chi connectivity index (χ3v) is 3.13. The highest BCUT2D eigenvalue weighted by Gasteiger charge is 2.20. The molecule has 1 rings (SSSR count). The van der Waals surface area contributed by atoms with Gasteiger partial charge in [0.15, 0.2) is 10.4 Å². The summed E-state index contributed by atoms with van der Waals surface area (Å²) in [5.41, 5.74) is 0. The van der Waals surface area contributed by atoms with Gasteiger partial charge in [0.2, 0.25) is 0 Å². The molecule has 0 fully saturated rings. The molecule has 0 saturated heterocycles. The number of ether oxygens (including phenoxy) is 2. The molecule has 0 aliphatic carbocycles. The standard InChI is InChI=1S/C14H20BrNO6/c1-2-21-13(18)5-6-16(7-9-20-10-8-17)14(19)11-3-4-12(15)22-11/h3-4,17H,2,5-10H2,1H3. The van der Waals surface area contributed by atoms with Crippen LogP contribution in [0.1, 0.15) is 23.9 Å². The first kappa shape index (κ1) is 18.7. The SMILES string of the molecule is CCOC(=O)CCN(CCOCCO)C(=O)c1ccc(Br)o1. The zero-order valence-electron chi connectivity index (χ0n) is 12.4.